The SMILES string of the molecule is CCn1c(=O)n(-c2nnc(C(F)F)s2)c2cc(S(=O)(=O)NC3(CF)COC3)cc(C3=CCN(C(=O)OC(C)(C)C)C(C)C3)c21. The summed E-state index contributed by atoms with van der Waals surface area (Å²) in [5.41, 5.74) is -1.29. The Morgan fingerprint density at radius 2 is 1.98 bits per heavy atom. The van der Waals surface area contributed by atoms with Gasteiger partial charge in [0.25, 0.3) is 6.43 Å². The monoisotopic (exact) mass is 658 g/mol. The van der Waals surface area contributed by atoms with Gasteiger partial charge in [-0.05, 0) is 58.7 Å². The Bertz CT molecular complexity index is 1780. The first-order chi connectivity index (χ1) is 20.6. The van der Waals surface area contributed by atoms with Gasteiger partial charge in [-0.2, -0.15) is 4.72 Å². The summed E-state index contributed by atoms with van der Waals surface area (Å²) in [5.74, 6) is 0. The van der Waals surface area contributed by atoms with Crippen LogP contribution in [0, 0.1) is 0 Å². The molecule has 1 saturated heterocycles. The van der Waals surface area contributed by atoms with Gasteiger partial charge in [0.1, 0.15) is 17.8 Å². The molecule has 2 aliphatic heterocycles. The van der Waals surface area contributed by atoms with Crippen LogP contribution in [-0.4, -0.2) is 82.4 Å². The minimum Gasteiger partial charge on any atom is -0.444 e. The summed E-state index contributed by atoms with van der Waals surface area (Å²) in [6.07, 6.45) is -1.39. The maximum atomic E-state index is 13.9. The molecule has 0 bridgehead atoms. The lowest BCUT2D eigenvalue weighted by atomic mass is 9.94. The zero-order valence-electron chi connectivity index (χ0n) is 24.8. The normalized spacial score (nSPS) is 18.9. The summed E-state index contributed by atoms with van der Waals surface area (Å²) in [6, 6.07) is 2.28. The molecule has 1 atom stereocenters. The van der Waals surface area contributed by atoms with E-state index in [0.29, 0.717) is 28.0 Å². The second kappa shape index (κ2) is 11.6. The molecular formula is C27H33F3N6O6S2. The highest BCUT2D eigenvalue weighted by atomic mass is 32.2. The number of carbonyl (C=O) groups excluding carboxylic acids is 1. The average Bonchev–Trinajstić information content (AvgIpc) is 3.51. The van der Waals surface area contributed by atoms with Crippen molar-refractivity contribution in [1.82, 2.24) is 29.0 Å². The van der Waals surface area contributed by atoms with Crippen LogP contribution in [0.15, 0.2) is 27.9 Å². The number of rotatable bonds is 8. The molecule has 1 fully saturated rings. The molecule has 1 N–H and O–H groups in total. The Morgan fingerprint density at radius 3 is 2.50 bits per heavy atom. The molecule has 5 rings (SSSR count). The van der Waals surface area contributed by atoms with Crippen molar-refractivity contribution in [3.63, 3.8) is 0 Å². The van der Waals surface area contributed by atoms with Crippen molar-refractivity contribution in [2.24, 2.45) is 0 Å². The number of nitrogens with one attached hydrogen (secondary N) is 1. The van der Waals surface area contributed by atoms with Gasteiger partial charge >= 0.3 is 11.8 Å². The molecule has 0 spiro atoms. The lowest BCUT2D eigenvalue weighted by molar-refractivity contribution is -0.0725. The predicted molar refractivity (Wildman–Crippen MR) is 156 cm³/mol. The molecule has 12 nitrogen and oxygen atoms in total. The van der Waals surface area contributed by atoms with Gasteiger partial charge in [-0.25, -0.2) is 35.7 Å². The van der Waals surface area contributed by atoms with Crippen molar-refractivity contribution in [3.05, 3.63) is 39.3 Å². The smallest absolute Gasteiger partial charge is 0.410 e. The molecule has 240 valence electrons. The van der Waals surface area contributed by atoms with Crippen LogP contribution in [-0.2, 0) is 26.0 Å². The van der Waals surface area contributed by atoms with E-state index < -0.39 is 51.1 Å². The van der Waals surface area contributed by atoms with E-state index in [0.717, 1.165) is 4.57 Å². The van der Waals surface area contributed by atoms with Gasteiger partial charge in [-0.1, -0.05) is 17.4 Å². The molecule has 2 aromatic heterocycles. The number of alkyl halides is 3. The molecule has 1 amide bonds. The Hall–Kier alpha value is -3.28. The van der Waals surface area contributed by atoms with E-state index >= 15 is 0 Å². The second-order valence-electron chi connectivity index (χ2n) is 11.9. The highest BCUT2D eigenvalue weighted by Crippen LogP contribution is 2.36. The number of ether oxygens (including phenoxy) is 2. The van der Waals surface area contributed by atoms with E-state index in [-0.39, 0.29) is 54.3 Å². The maximum Gasteiger partial charge on any atom is 0.410 e. The van der Waals surface area contributed by atoms with Gasteiger partial charge in [0.15, 0.2) is 5.01 Å². The molecule has 0 aliphatic carbocycles. The van der Waals surface area contributed by atoms with Crippen molar-refractivity contribution >= 4 is 44.1 Å². The fraction of sp³-hybridized carbons (Fsp3) is 0.556. The summed E-state index contributed by atoms with van der Waals surface area (Å²) in [7, 11) is -4.38. The number of carbonyl (C=O) groups is 1. The zero-order valence-corrected chi connectivity index (χ0v) is 26.4. The molecule has 44 heavy (non-hydrogen) atoms. The van der Waals surface area contributed by atoms with Crippen LogP contribution < -0.4 is 10.4 Å². The number of hydrogen-bond donors (Lipinski definition) is 1. The number of fused-ring (bicyclic) bond motifs is 1. The summed E-state index contributed by atoms with van der Waals surface area (Å²) in [4.78, 5) is 27.8. The van der Waals surface area contributed by atoms with Crippen molar-refractivity contribution in [3.8, 4) is 5.13 Å². The number of amides is 1. The van der Waals surface area contributed by atoms with Gasteiger partial charge in [-0.15, -0.1) is 10.2 Å². The van der Waals surface area contributed by atoms with Crippen LogP contribution in [0.1, 0.15) is 58.0 Å². The molecule has 3 aromatic rings. The third kappa shape index (κ3) is 5.89. The van der Waals surface area contributed by atoms with Crippen molar-refractivity contribution in [1.29, 1.82) is 0 Å². The van der Waals surface area contributed by atoms with E-state index in [1.165, 1.54) is 16.7 Å². The minimum absolute atomic E-state index is 0.0916. The first-order valence-corrected chi connectivity index (χ1v) is 16.2. The van der Waals surface area contributed by atoms with E-state index in [9.17, 15) is 31.2 Å². The largest absolute Gasteiger partial charge is 0.444 e. The standard InChI is InChI=1S/C27H33F3N6O6S2/c1-6-34-20-18(16-7-8-35(15(2)9-16)25(38)42-26(3,4)5)10-17(44(39,40)33-27(12-28)13-41-14-27)11-19(20)36(24(34)37)23-32-31-22(43-23)21(29)30/h7,10-11,15,21,33H,6,8-9,12-14H2,1-5H3. The van der Waals surface area contributed by atoms with Crippen LogP contribution in [0.2, 0.25) is 0 Å². The lowest BCUT2D eigenvalue weighted by Gasteiger charge is -2.39. The molecule has 1 unspecified atom stereocenters. The van der Waals surface area contributed by atoms with Crippen LogP contribution in [0.3, 0.4) is 0 Å². The molecule has 0 radical (unpaired) electrons. The number of aryl methyl sites for hydroxylation is 1. The van der Waals surface area contributed by atoms with Crippen molar-refractivity contribution < 1.29 is 35.9 Å². The number of hydrogen-bond acceptors (Lipinski definition) is 9. The minimum atomic E-state index is -4.38. The first kappa shape index (κ1) is 32.1. The van der Waals surface area contributed by atoms with Crippen LogP contribution in [0.4, 0.5) is 18.0 Å². The van der Waals surface area contributed by atoms with Gasteiger partial charge < -0.3 is 14.4 Å². The number of aromatic nitrogens is 4. The molecule has 17 heteroatoms. The molecular weight excluding hydrogens is 625 g/mol. The highest BCUT2D eigenvalue weighted by molar-refractivity contribution is 7.89. The molecule has 2 aliphatic rings. The van der Waals surface area contributed by atoms with Crippen molar-refractivity contribution in [2.75, 3.05) is 26.4 Å². The summed E-state index contributed by atoms with van der Waals surface area (Å²) >= 11 is 0.510. The van der Waals surface area contributed by atoms with Crippen LogP contribution in [0.5, 0.6) is 0 Å². The van der Waals surface area contributed by atoms with E-state index in [2.05, 4.69) is 14.9 Å². The molecule has 4 heterocycles. The quantitative estimate of drug-likeness (QED) is 0.383. The number of benzene rings is 1. The third-order valence-corrected chi connectivity index (χ3v) is 9.82. The molecule has 1 aromatic carbocycles. The Balaban J connectivity index is 1.71. The highest BCUT2D eigenvalue weighted by Gasteiger charge is 2.43. The van der Waals surface area contributed by atoms with E-state index in [4.69, 9.17) is 9.47 Å². The average molecular weight is 659 g/mol. The lowest BCUT2D eigenvalue weighted by Crippen LogP contribution is -2.63. The van der Waals surface area contributed by atoms with Crippen LogP contribution in [0.25, 0.3) is 21.7 Å². The third-order valence-electron chi connectivity index (χ3n) is 7.35. The van der Waals surface area contributed by atoms with Crippen LogP contribution >= 0.6 is 11.3 Å². The van der Waals surface area contributed by atoms with Gasteiger partial charge in [0.05, 0.1) is 29.1 Å². The predicted octanol–water partition coefficient (Wildman–Crippen LogP) is 4.03. The first-order valence-electron chi connectivity index (χ1n) is 13.9. The fourth-order valence-electron chi connectivity index (χ4n) is 5.20. The number of nitrogens with zero attached hydrogens (tertiary/aromatic N) is 5. The maximum absolute atomic E-state index is 13.9. The Morgan fingerprint density at radius 1 is 1.27 bits per heavy atom. The van der Waals surface area contributed by atoms with E-state index in [1.54, 1.807) is 38.7 Å². The zero-order chi connectivity index (χ0) is 32.2. The van der Waals surface area contributed by atoms with Gasteiger partial charge in [0.2, 0.25) is 15.2 Å². The topological polar surface area (TPSA) is 138 Å². The van der Waals surface area contributed by atoms with Gasteiger partial charge in [0, 0.05) is 24.7 Å². The van der Waals surface area contributed by atoms with Crippen molar-refractivity contribution in [2.45, 2.75) is 76.1 Å². The van der Waals surface area contributed by atoms with E-state index in [1.807, 2.05) is 6.92 Å². The number of halogens is 3. The molecule has 0 saturated carbocycles. The summed E-state index contributed by atoms with van der Waals surface area (Å²) in [5, 5.41) is 6.54. The summed E-state index contributed by atoms with van der Waals surface area (Å²) in [6.45, 7) is 7.83. The fourth-order valence-corrected chi connectivity index (χ4v) is 7.31. The Labute approximate surface area is 255 Å². The number of imidazole rings is 1. The Kier molecular flexibility index (Phi) is 8.45. The number of sulfonamides is 1. The second-order valence-corrected chi connectivity index (χ2v) is 14.5. The van der Waals surface area contributed by atoms with Gasteiger partial charge in [-0.3, -0.25) is 4.57 Å². The summed E-state index contributed by atoms with van der Waals surface area (Å²) < 4.78 is 83.5.